The van der Waals surface area contributed by atoms with E-state index in [2.05, 4.69) is 18.2 Å². The molecule has 2 aromatic rings. The van der Waals surface area contributed by atoms with Crippen molar-refractivity contribution in [3.05, 3.63) is 66.2 Å². The van der Waals surface area contributed by atoms with Crippen molar-refractivity contribution in [1.29, 1.82) is 0 Å². The Hall–Kier alpha value is -2.15. The molecule has 1 nitrogen and oxygen atoms in total. The summed E-state index contributed by atoms with van der Waals surface area (Å²) in [5, 5.41) is 0. The van der Waals surface area contributed by atoms with Crippen LogP contribution >= 0.6 is 0 Å². The van der Waals surface area contributed by atoms with Gasteiger partial charge < -0.3 is 0 Å². The average molecular weight is 208 g/mol. The third kappa shape index (κ3) is 2.26. The predicted molar refractivity (Wildman–Crippen MR) is 67.0 cm³/mol. The lowest BCUT2D eigenvalue weighted by Gasteiger charge is -2.05. The van der Waals surface area contributed by atoms with E-state index in [4.69, 9.17) is 0 Å². The molecule has 0 heterocycles. The fourth-order valence-electron chi connectivity index (χ4n) is 1.67. The number of benzene rings is 2. The number of allylic oxidation sites excluding steroid dienone is 1. The van der Waals surface area contributed by atoms with Crippen LogP contribution in [0.1, 0.15) is 5.56 Å². The molecule has 0 radical (unpaired) electrons. The molecule has 0 aliphatic heterocycles. The van der Waals surface area contributed by atoms with Gasteiger partial charge in [-0.3, -0.25) is 4.79 Å². The lowest BCUT2D eigenvalue weighted by atomic mass is 9.99. The van der Waals surface area contributed by atoms with Crippen molar-refractivity contribution in [3.8, 4) is 11.1 Å². The highest BCUT2D eigenvalue weighted by molar-refractivity contribution is 5.80. The van der Waals surface area contributed by atoms with Crippen LogP contribution in [0.3, 0.4) is 0 Å². The van der Waals surface area contributed by atoms with Gasteiger partial charge in [0.15, 0.2) is 0 Å². The minimum atomic E-state index is 0.793. The number of hydrogen-bond donors (Lipinski definition) is 0. The highest BCUT2D eigenvalue weighted by Gasteiger charge is 2.00. The van der Waals surface area contributed by atoms with Crippen LogP contribution in [0, 0.1) is 0 Å². The van der Waals surface area contributed by atoms with Gasteiger partial charge in [-0.2, -0.15) is 0 Å². The predicted octanol–water partition coefficient (Wildman–Crippen LogP) is 3.57. The Morgan fingerprint density at radius 2 is 1.50 bits per heavy atom. The summed E-state index contributed by atoms with van der Waals surface area (Å²) in [6.07, 6.45) is 4.14. The van der Waals surface area contributed by atoms with Crippen LogP contribution in [0.15, 0.2) is 60.7 Å². The lowest BCUT2D eigenvalue weighted by molar-refractivity contribution is -0.104. The Kier molecular flexibility index (Phi) is 3.29. The van der Waals surface area contributed by atoms with Gasteiger partial charge in [-0.15, -0.1) is 0 Å². The van der Waals surface area contributed by atoms with E-state index < -0.39 is 0 Å². The summed E-state index contributed by atoms with van der Waals surface area (Å²) in [4.78, 5) is 10.3. The van der Waals surface area contributed by atoms with E-state index in [1.807, 2.05) is 42.5 Å². The van der Waals surface area contributed by atoms with Crippen LogP contribution in [0.2, 0.25) is 0 Å². The van der Waals surface area contributed by atoms with Gasteiger partial charge in [-0.05, 0) is 22.8 Å². The topological polar surface area (TPSA) is 17.1 Å². The van der Waals surface area contributed by atoms with Gasteiger partial charge in [-0.1, -0.05) is 60.7 Å². The van der Waals surface area contributed by atoms with Crippen molar-refractivity contribution < 1.29 is 4.79 Å². The van der Waals surface area contributed by atoms with Crippen LogP contribution in [0.25, 0.3) is 17.2 Å². The first-order valence-corrected chi connectivity index (χ1v) is 5.18. The van der Waals surface area contributed by atoms with Crippen molar-refractivity contribution in [3.63, 3.8) is 0 Å². The largest absolute Gasteiger partial charge is 0.299 e. The lowest BCUT2D eigenvalue weighted by Crippen LogP contribution is -1.82. The van der Waals surface area contributed by atoms with Gasteiger partial charge in [0.2, 0.25) is 0 Å². The smallest absolute Gasteiger partial charge is 0.142 e. The second-order valence-electron chi connectivity index (χ2n) is 3.45. The summed E-state index contributed by atoms with van der Waals surface area (Å²) in [7, 11) is 0. The standard InChI is InChI=1S/C15H12O/c16-12-6-10-14-9-4-5-11-15(14)13-7-2-1-3-8-13/h1-12H/b10-6-. The van der Waals surface area contributed by atoms with Gasteiger partial charge in [0.1, 0.15) is 6.29 Å². The highest BCUT2D eigenvalue weighted by atomic mass is 16.1. The number of carbonyl (C=O) groups excluding carboxylic acids is 1. The number of rotatable bonds is 3. The SMILES string of the molecule is O=C/C=C\c1ccccc1-c1ccccc1. The monoisotopic (exact) mass is 208 g/mol. The molecule has 78 valence electrons. The minimum absolute atomic E-state index is 0.793. The molecule has 0 unspecified atom stereocenters. The van der Waals surface area contributed by atoms with E-state index >= 15 is 0 Å². The Bertz CT molecular complexity index is 498. The molecule has 0 amide bonds. The van der Waals surface area contributed by atoms with Gasteiger partial charge >= 0.3 is 0 Å². The molecular formula is C15H12O. The van der Waals surface area contributed by atoms with Crippen molar-refractivity contribution in [1.82, 2.24) is 0 Å². The average Bonchev–Trinajstić information content (AvgIpc) is 2.38. The normalized spacial score (nSPS) is 10.5. The zero-order valence-electron chi connectivity index (χ0n) is 8.84. The molecular weight excluding hydrogens is 196 g/mol. The van der Waals surface area contributed by atoms with Gasteiger partial charge in [0, 0.05) is 0 Å². The first-order chi connectivity index (χ1) is 7.92. The summed E-state index contributed by atoms with van der Waals surface area (Å²) in [6.45, 7) is 0. The van der Waals surface area contributed by atoms with Crippen molar-refractivity contribution in [2.24, 2.45) is 0 Å². The van der Waals surface area contributed by atoms with Crippen LogP contribution in [-0.4, -0.2) is 6.29 Å². The summed E-state index contributed by atoms with van der Waals surface area (Å²) in [5.74, 6) is 0. The number of hydrogen-bond acceptors (Lipinski definition) is 1. The Morgan fingerprint density at radius 1 is 0.812 bits per heavy atom. The van der Waals surface area contributed by atoms with E-state index in [1.165, 1.54) is 6.08 Å². The third-order valence-corrected chi connectivity index (χ3v) is 2.40. The van der Waals surface area contributed by atoms with E-state index in [0.29, 0.717) is 0 Å². The second kappa shape index (κ2) is 5.08. The van der Waals surface area contributed by atoms with Gasteiger partial charge in [-0.25, -0.2) is 0 Å². The summed E-state index contributed by atoms with van der Waals surface area (Å²) in [5.41, 5.74) is 3.36. The molecule has 0 bridgehead atoms. The quantitative estimate of drug-likeness (QED) is 0.556. The molecule has 0 aromatic heterocycles. The van der Waals surface area contributed by atoms with Crippen LogP contribution < -0.4 is 0 Å². The summed E-state index contributed by atoms with van der Waals surface area (Å²) in [6, 6.07) is 18.2. The maximum absolute atomic E-state index is 10.3. The zero-order chi connectivity index (χ0) is 11.2. The molecule has 1 heteroatoms. The molecule has 0 atom stereocenters. The van der Waals surface area contributed by atoms with Crippen molar-refractivity contribution in [2.45, 2.75) is 0 Å². The van der Waals surface area contributed by atoms with Gasteiger partial charge in [0.25, 0.3) is 0 Å². The second-order valence-corrected chi connectivity index (χ2v) is 3.45. The van der Waals surface area contributed by atoms with E-state index in [9.17, 15) is 4.79 Å². The van der Waals surface area contributed by atoms with Crippen LogP contribution in [-0.2, 0) is 4.79 Å². The van der Waals surface area contributed by atoms with Crippen molar-refractivity contribution in [2.75, 3.05) is 0 Å². The minimum Gasteiger partial charge on any atom is -0.299 e. The molecule has 16 heavy (non-hydrogen) atoms. The third-order valence-electron chi connectivity index (χ3n) is 2.40. The molecule has 0 fully saturated rings. The van der Waals surface area contributed by atoms with E-state index in [1.54, 1.807) is 0 Å². The number of aldehydes is 1. The highest BCUT2D eigenvalue weighted by Crippen LogP contribution is 2.23. The maximum atomic E-state index is 10.3. The molecule has 2 aromatic carbocycles. The summed E-state index contributed by atoms with van der Waals surface area (Å²) < 4.78 is 0. The number of carbonyl (C=O) groups is 1. The molecule has 0 aliphatic rings. The molecule has 0 spiro atoms. The van der Waals surface area contributed by atoms with Crippen LogP contribution in [0.5, 0.6) is 0 Å². The fourth-order valence-corrected chi connectivity index (χ4v) is 1.67. The molecule has 0 saturated heterocycles. The molecule has 0 N–H and O–H groups in total. The molecule has 0 aliphatic carbocycles. The first kappa shape index (κ1) is 10.4. The first-order valence-electron chi connectivity index (χ1n) is 5.18. The maximum Gasteiger partial charge on any atom is 0.142 e. The Morgan fingerprint density at radius 3 is 2.25 bits per heavy atom. The molecule has 0 saturated carbocycles. The summed E-state index contributed by atoms with van der Waals surface area (Å²) >= 11 is 0. The molecule has 2 rings (SSSR count). The Balaban J connectivity index is 2.48. The fraction of sp³-hybridized carbons (Fsp3) is 0. The van der Waals surface area contributed by atoms with E-state index in [-0.39, 0.29) is 0 Å². The zero-order valence-corrected chi connectivity index (χ0v) is 8.84. The van der Waals surface area contributed by atoms with Crippen LogP contribution in [0.4, 0.5) is 0 Å². The van der Waals surface area contributed by atoms with E-state index in [0.717, 1.165) is 23.0 Å². The Labute approximate surface area is 95.1 Å². The van der Waals surface area contributed by atoms with Crippen molar-refractivity contribution >= 4 is 12.4 Å². The van der Waals surface area contributed by atoms with Gasteiger partial charge in [0.05, 0.1) is 0 Å².